The predicted molar refractivity (Wildman–Crippen MR) is 140 cm³/mol. The van der Waals surface area contributed by atoms with Crippen molar-refractivity contribution in [3.8, 4) is 11.5 Å². The molecule has 0 spiro atoms. The van der Waals surface area contributed by atoms with Gasteiger partial charge in [0.05, 0.1) is 11.2 Å². The van der Waals surface area contributed by atoms with Crippen LogP contribution in [-0.2, 0) is 13.0 Å². The van der Waals surface area contributed by atoms with Crippen molar-refractivity contribution in [1.29, 1.82) is 0 Å². The van der Waals surface area contributed by atoms with E-state index in [4.69, 9.17) is 9.47 Å². The molecule has 5 aromatic rings. The van der Waals surface area contributed by atoms with E-state index in [0.29, 0.717) is 13.0 Å². The summed E-state index contributed by atoms with van der Waals surface area (Å²) in [5, 5.41) is 15.1. The van der Waals surface area contributed by atoms with E-state index in [1.54, 1.807) is 0 Å². The van der Waals surface area contributed by atoms with E-state index in [1.807, 2.05) is 66.7 Å². The van der Waals surface area contributed by atoms with Gasteiger partial charge < -0.3 is 9.47 Å². The lowest BCUT2D eigenvalue weighted by atomic mass is 10.1. The summed E-state index contributed by atoms with van der Waals surface area (Å²) in [6.45, 7) is 2.52. The molecule has 0 amide bonds. The summed E-state index contributed by atoms with van der Waals surface area (Å²) in [6, 6.07) is 28.2. The van der Waals surface area contributed by atoms with Gasteiger partial charge in [0.2, 0.25) is 0 Å². The highest BCUT2D eigenvalue weighted by Crippen LogP contribution is 2.20. The van der Waals surface area contributed by atoms with Gasteiger partial charge in [0.25, 0.3) is 0 Å². The van der Waals surface area contributed by atoms with Crippen molar-refractivity contribution in [2.75, 3.05) is 0 Å². The highest BCUT2D eigenvalue weighted by Gasteiger charge is 2.12. The lowest BCUT2D eigenvalue weighted by Crippen LogP contribution is -2.19. The fourth-order valence-electron chi connectivity index (χ4n) is 3.85. The number of para-hydroxylation sites is 1. The summed E-state index contributed by atoms with van der Waals surface area (Å²) in [7, 11) is 0. The first kappa shape index (κ1) is 23.2. The minimum atomic E-state index is -0.00340. The molecule has 1 N–H and O–H groups in total. The summed E-state index contributed by atoms with van der Waals surface area (Å²) >= 11 is 0. The first-order valence-corrected chi connectivity index (χ1v) is 12.0. The third-order valence-corrected chi connectivity index (χ3v) is 5.82. The standard InChI is InChI=1S/C29H27N5O2/c1-2-25(19-29-31-33-34-32-29)36-27-8-5-6-22(18-27)11-10-21-12-16-26(17-13-21)35-20-24-15-14-23-7-3-4-9-28(23)30-24/h3-18,25H,2,19-20H2,1H3,(H,31,32,33,34). The Morgan fingerprint density at radius 2 is 1.72 bits per heavy atom. The van der Waals surface area contributed by atoms with E-state index >= 15 is 0 Å². The van der Waals surface area contributed by atoms with Gasteiger partial charge in [-0.05, 0) is 64.4 Å². The van der Waals surface area contributed by atoms with Crippen LogP contribution in [0.2, 0.25) is 0 Å². The molecule has 0 aliphatic heterocycles. The van der Waals surface area contributed by atoms with Crippen molar-refractivity contribution < 1.29 is 9.47 Å². The van der Waals surface area contributed by atoms with Crippen LogP contribution in [0.5, 0.6) is 11.5 Å². The molecule has 0 aliphatic carbocycles. The van der Waals surface area contributed by atoms with E-state index in [9.17, 15) is 0 Å². The van der Waals surface area contributed by atoms with Crippen molar-refractivity contribution in [2.24, 2.45) is 0 Å². The van der Waals surface area contributed by atoms with Crippen LogP contribution in [0.15, 0.2) is 84.9 Å². The molecule has 0 aliphatic rings. The number of fused-ring (bicyclic) bond motifs is 1. The lowest BCUT2D eigenvalue weighted by Gasteiger charge is -2.16. The predicted octanol–water partition coefficient (Wildman–Crippen LogP) is 5.90. The molecule has 0 radical (unpaired) electrons. The molecule has 0 saturated heterocycles. The molecule has 0 fully saturated rings. The molecule has 2 heterocycles. The third kappa shape index (κ3) is 6.13. The van der Waals surface area contributed by atoms with E-state index in [2.05, 4.69) is 62.9 Å². The average Bonchev–Trinajstić information content (AvgIpc) is 3.44. The Balaban J connectivity index is 1.17. The zero-order chi connectivity index (χ0) is 24.6. The number of aromatic amines is 1. The van der Waals surface area contributed by atoms with Gasteiger partial charge in [-0.25, -0.2) is 10.1 Å². The van der Waals surface area contributed by atoms with E-state index in [-0.39, 0.29) is 6.10 Å². The second kappa shape index (κ2) is 11.3. The van der Waals surface area contributed by atoms with Gasteiger partial charge in [0.1, 0.15) is 24.2 Å². The van der Waals surface area contributed by atoms with Crippen LogP contribution in [0.1, 0.15) is 36.0 Å². The van der Waals surface area contributed by atoms with Gasteiger partial charge in [-0.15, -0.1) is 5.10 Å². The second-order valence-electron chi connectivity index (χ2n) is 8.46. The third-order valence-electron chi connectivity index (χ3n) is 5.82. The molecule has 7 heteroatoms. The zero-order valence-electron chi connectivity index (χ0n) is 20.0. The summed E-state index contributed by atoms with van der Waals surface area (Å²) < 4.78 is 12.1. The molecule has 0 saturated carbocycles. The maximum absolute atomic E-state index is 6.16. The van der Waals surface area contributed by atoms with Crippen molar-refractivity contribution in [1.82, 2.24) is 25.6 Å². The summed E-state index contributed by atoms with van der Waals surface area (Å²) in [6.07, 6.45) is 5.63. The number of ether oxygens (including phenoxy) is 2. The number of nitrogens with one attached hydrogen (secondary N) is 1. The van der Waals surface area contributed by atoms with Crippen LogP contribution >= 0.6 is 0 Å². The number of hydrogen-bond donors (Lipinski definition) is 1. The smallest absolute Gasteiger partial charge is 0.152 e. The van der Waals surface area contributed by atoms with E-state index in [0.717, 1.165) is 51.5 Å². The Hall–Kier alpha value is -4.52. The Morgan fingerprint density at radius 1 is 0.861 bits per heavy atom. The van der Waals surface area contributed by atoms with Gasteiger partial charge in [-0.2, -0.15) is 0 Å². The zero-order valence-corrected chi connectivity index (χ0v) is 20.0. The van der Waals surface area contributed by atoms with Crippen LogP contribution in [0.3, 0.4) is 0 Å². The van der Waals surface area contributed by atoms with Gasteiger partial charge in [0.15, 0.2) is 5.82 Å². The molecule has 1 atom stereocenters. The number of rotatable bonds is 10. The summed E-state index contributed by atoms with van der Waals surface area (Å²) in [5.74, 6) is 2.35. The molecule has 3 aromatic carbocycles. The fourth-order valence-corrected chi connectivity index (χ4v) is 3.85. The van der Waals surface area contributed by atoms with Gasteiger partial charge in [-0.1, -0.05) is 67.6 Å². The number of tetrazole rings is 1. The van der Waals surface area contributed by atoms with Crippen LogP contribution in [0.4, 0.5) is 0 Å². The average molecular weight is 478 g/mol. The highest BCUT2D eigenvalue weighted by atomic mass is 16.5. The number of benzene rings is 3. The Morgan fingerprint density at radius 3 is 2.56 bits per heavy atom. The van der Waals surface area contributed by atoms with Crippen molar-refractivity contribution in [3.63, 3.8) is 0 Å². The quantitative estimate of drug-likeness (QED) is 0.252. The van der Waals surface area contributed by atoms with Crippen LogP contribution in [0, 0.1) is 0 Å². The highest BCUT2D eigenvalue weighted by molar-refractivity contribution is 5.78. The molecule has 5 rings (SSSR count). The van der Waals surface area contributed by atoms with Gasteiger partial charge in [0, 0.05) is 11.8 Å². The lowest BCUT2D eigenvalue weighted by molar-refractivity contribution is 0.195. The number of aromatic nitrogens is 5. The van der Waals surface area contributed by atoms with Crippen molar-refractivity contribution in [2.45, 2.75) is 32.5 Å². The molecular weight excluding hydrogens is 450 g/mol. The number of H-pyrrole nitrogens is 1. The number of pyridine rings is 1. The van der Waals surface area contributed by atoms with E-state index < -0.39 is 0 Å². The SMILES string of the molecule is CCC(Cc1nnn[nH]1)Oc1cccc(C=Cc2ccc(OCc3ccc4ccccc4n3)cc2)c1. The molecule has 2 aromatic heterocycles. The van der Waals surface area contributed by atoms with E-state index in [1.165, 1.54) is 0 Å². The monoisotopic (exact) mass is 477 g/mol. The number of nitrogens with zero attached hydrogens (tertiary/aromatic N) is 4. The molecule has 0 bridgehead atoms. The normalized spacial score (nSPS) is 12.1. The minimum absolute atomic E-state index is 0.00340. The number of hydrogen-bond acceptors (Lipinski definition) is 6. The van der Waals surface area contributed by atoms with Crippen molar-refractivity contribution in [3.05, 3.63) is 108 Å². The van der Waals surface area contributed by atoms with Crippen LogP contribution in [0.25, 0.3) is 23.1 Å². The first-order chi connectivity index (χ1) is 17.7. The van der Waals surface area contributed by atoms with Crippen LogP contribution < -0.4 is 9.47 Å². The molecule has 36 heavy (non-hydrogen) atoms. The minimum Gasteiger partial charge on any atom is -0.490 e. The molecule has 180 valence electrons. The van der Waals surface area contributed by atoms with Gasteiger partial charge >= 0.3 is 0 Å². The maximum atomic E-state index is 6.16. The Labute approximate surface area is 209 Å². The summed E-state index contributed by atoms with van der Waals surface area (Å²) in [5.41, 5.74) is 4.03. The van der Waals surface area contributed by atoms with Crippen molar-refractivity contribution >= 4 is 23.1 Å². The van der Waals surface area contributed by atoms with Crippen LogP contribution in [-0.4, -0.2) is 31.7 Å². The Bertz CT molecular complexity index is 1430. The second-order valence-corrected chi connectivity index (χ2v) is 8.46. The molecule has 7 nitrogen and oxygen atoms in total. The van der Waals surface area contributed by atoms with Gasteiger partial charge in [-0.3, -0.25) is 0 Å². The maximum Gasteiger partial charge on any atom is 0.152 e. The largest absolute Gasteiger partial charge is 0.490 e. The first-order valence-electron chi connectivity index (χ1n) is 12.0. The molecule has 1 unspecified atom stereocenters. The topological polar surface area (TPSA) is 85.8 Å². The fraction of sp³-hybridized carbons (Fsp3) is 0.172. The summed E-state index contributed by atoms with van der Waals surface area (Å²) in [4.78, 5) is 4.66. The Kier molecular flexibility index (Phi) is 7.27. The molecular formula is C29H27N5O2.